The number of benzene rings is 1. The second-order valence-electron chi connectivity index (χ2n) is 2.76. The molecule has 0 aliphatic heterocycles. The van der Waals surface area contributed by atoms with Gasteiger partial charge in [0.05, 0.1) is 12.2 Å². The Morgan fingerprint density at radius 1 is 1.33 bits per heavy atom. The maximum atomic E-state index is 12.4. The Kier molecular flexibility index (Phi) is 3.96. The molecule has 0 fully saturated rings. The molecule has 0 saturated heterocycles. The van der Waals surface area contributed by atoms with Crippen molar-refractivity contribution in [2.24, 2.45) is 0 Å². The van der Waals surface area contributed by atoms with Crippen molar-refractivity contribution in [2.45, 2.75) is 6.18 Å². The van der Waals surface area contributed by atoms with E-state index in [4.69, 9.17) is 4.74 Å². The van der Waals surface area contributed by atoms with E-state index < -0.39 is 11.7 Å². The molecule has 83 valence electrons. The zero-order chi connectivity index (χ0) is 11.3. The van der Waals surface area contributed by atoms with Crippen LogP contribution in [-0.4, -0.2) is 20.3 Å². The maximum absolute atomic E-state index is 12.4. The number of ether oxygens (including phenoxy) is 2. The molecule has 0 N–H and O–H groups in total. The molecule has 0 heterocycles. The fourth-order valence-corrected chi connectivity index (χ4v) is 0.999. The molecule has 0 aromatic heterocycles. The highest BCUT2D eigenvalue weighted by atomic mass is 19.4. The molecule has 1 radical (unpaired) electrons. The molecule has 1 aromatic rings. The van der Waals surface area contributed by atoms with Crippen molar-refractivity contribution < 1.29 is 22.6 Å². The summed E-state index contributed by atoms with van der Waals surface area (Å²) < 4.78 is 46.9. The van der Waals surface area contributed by atoms with Gasteiger partial charge in [-0.05, 0) is 18.2 Å². The summed E-state index contributed by atoms with van der Waals surface area (Å²) >= 11 is 0. The van der Waals surface area contributed by atoms with Crippen LogP contribution in [0.15, 0.2) is 18.2 Å². The lowest BCUT2D eigenvalue weighted by Crippen LogP contribution is -2.11. The third-order valence-electron chi connectivity index (χ3n) is 1.67. The lowest BCUT2D eigenvalue weighted by atomic mass is 10.2. The predicted octanol–water partition coefficient (Wildman–Crippen LogP) is 2.53. The molecule has 0 saturated carbocycles. The molecule has 2 nitrogen and oxygen atoms in total. The zero-order valence-corrected chi connectivity index (χ0v) is 8.10. The number of alkyl halides is 3. The Hall–Kier alpha value is -1.23. The van der Waals surface area contributed by atoms with Crippen LogP contribution >= 0.6 is 0 Å². The Balaban J connectivity index is 2.78. The van der Waals surface area contributed by atoms with Gasteiger partial charge in [0.15, 0.2) is 0 Å². The standard InChI is InChI=1S/C10H10F3O2/c1-14-6-7-15-9-5-3-2-4-8(9)10(11,12)13/h3-5H,6-7H2,1H3. The van der Waals surface area contributed by atoms with Crippen LogP contribution in [0.1, 0.15) is 5.56 Å². The van der Waals surface area contributed by atoms with E-state index in [2.05, 4.69) is 10.8 Å². The van der Waals surface area contributed by atoms with Crippen LogP contribution in [0.5, 0.6) is 5.75 Å². The van der Waals surface area contributed by atoms with Gasteiger partial charge in [0.1, 0.15) is 12.4 Å². The summed E-state index contributed by atoms with van der Waals surface area (Å²) in [5, 5.41) is 0. The lowest BCUT2D eigenvalue weighted by Gasteiger charge is -2.12. The van der Waals surface area contributed by atoms with Crippen molar-refractivity contribution in [3.63, 3.8) is 0 Å². The monoisotopic (exact) mass is 219 g/mol. The molecule has 15 heavy (non-hydrogen) atoms. The van der Waals surface area contributed by atoms with E-state index in [1.165, 1.54) is 19.2 Å². The first-order chi connectivity index (χ1) is 7.05. The van der Waals surface area contributed by atoms with E-state index in [-0.39, 0.29) is 19.0 Å². The van der Waals surface area contributed by atoms with Gasteiger partial charge in [-0.15, -0.1) is 0 Å². The van der Waals surface area contributed by atoms with Crippen LogP contribution in [0.3, 0.4) is 0 Å². The highest BCUT2D eigenvalue weighted by Crippen LogP contribution is 2.35. The fourth-order valence-electron chi connectivity index (χ4n) is 0.999. The molecular formula is C10H10F3O2. The van der Waals surface area contributed by atoms with Crippen LogP contribution in [0.2, 0.25) is 0 Å². The molecule has 0 unspecified atom stereocenters. The van der Waals surface area contributed by atoms with Gasteiger partial charge in [-0.3, -0.25) is 0 Å². The van der Waals surface area contributed by atoms with Gasteiger partial charge in [-0.25, -0.2) is 0 Å². The minimum Gasteiger partial charge on any atom is -0.491 e. The van der Waals surface area contributed by atoms with Gasteiger partial charge in [-0.2, -0.15) is 13.2 Å². The normalized spacial score (nSPS) is 11.5. The third kappa shape index (κ3) is 3.43. The van der Waals surface area contributed by atoms with Crippen molar-refractivity contribution in [2.75, 3.05) is 20.3 Å². The summed E-state index contributed by atoms with van der Waals surface area (Å²) in [5.41, 5.74) is -0.818. The van der Waals surface area contributed by atoms with Gasteiger partial charge < -0.3 is 9.47 Å². The first kappa shape index (κ1) is 11.8. The van der Waals surface area contributed by atoms with Gasteiger partial charge in [0.2, 0.25) is 0 Å². The summed E-state index contributed by atoms with van der Waals surface area (Å²) in [7, 11) is 1.45. The summed E-state index contributed by atoms with van der Waals surface area (Å²) in [4.78, 5) is 0. The highest BCUT2D eigenvalue weighted by Gasteiger charge is 2.33. The molecule has 0 aliphatic carbocycles. The quantitative estimate of drug-likeness (QED) is 0.724. The van der Waals surface area contributed by atoms with Gasteiger partial charge in [-0.1, -0.05) is 6.07 Å². The van der Waals surface area contributed by atoms with E-state index in [9.17, 15) is 13.2 Å². The molecule has 0 aliphatic rings. The zero-order valence-electron chi connectivity index (χ0n) is 8.10. The molecule has 0 bridgehead atoms. The first-order valence-corrected chi connectivity index (χ1v) is 4.24. The van der Waals surface area contributed by atoms with Crippen molar-refractivity contribution in [1.29, 1.82) is 0 Å². The van der Waals surface area contributed by atoms with E-state index in [1.54, 1.807) is 0 Å². The Morgan fingerprint density at radius 3 is 2.67 bits per heavy atom. The highest BCUT2D eigenvalue weighted by molar-refractivity contribution is 5.34. The summed E-state index contributed by atoms with van der Waals surface area (Å²) in [6.07, 6.45) is -4.42. The molecular weight excluding hydrogens is 209 g/mol. The summed E-state index contributed by atoms with van der Waals surface area (Å²) in [6, 6.07) is 5.84. The minimum absolute atomic E-state index is 0.0869. The van der Waals surface area contributed by atoms with Gasteiger partial charge in [0.25, 0.3) is 0 Å². The summed E-state index contributed by atoms with van der Waals surface area (Å²) in [6.45, 7) is 0.333. The van der Waals surface area contributed by atoms with E-state index in [0.29, 0.717) is 0 Å². The van der Waals surface area contributed by atoms with Crippen LogP contribution in [-0.2, 0) is 10.9 Å². The fraction of sp³-hybridized carbons (Fsp3) is 0.400. The van der Waals surface area contributed by atoms with Crippen LogP contribution in [0.4, 0.5) is 13.2 Å². The lowest BCUT2D eigenvalue weighted by molar-refractivity contribution is -0.139. The average Bonchev–Trinajstić information content (AvgIpc) is 2.17. The SMILES string of the molecule is COCCOc1cc[c]cc1C(F)(F)F. The van der Waals surface area contributed by atoms with E-state index in [0.717, 1.165) is 6.07 Å². The molecule has 0 amide bonds. The molecule has 1 aromatic carbocycles. The molecule has 0 atom stereocenters. The minimum atomic E-state index is -4.42. The van der Waals surface area contributed by atoms with Gasteiger partial charge in [0, 0.05) is 7.11 Å². The van der Waals surface area contributed by atoms with E-state index in [1.807, 2.05) is 0 Å². The average molecular weight is 219 g/mol. The summed E-state index contributed by atoms with van der Waals surface area (Å²) in [5.74, 6) is -0.196. The number of hydrogen-bond acceptors (Lipinski definition) is 2. The first-order valence-electron chi connectivity index (χ1n) is 4.24. The second kappa shape index (κ2) is 5.02. The Labute approximate surface area is 85.6 Å². The second-order valence-corrected chi connectivity index (χ2v) is 2.76. The van der Waals surface area contributed by atoms with Gasteiger partial charge >= 0.3 is 6.18 Å². The van der Waals surface area contributed by atoms with Crippen molar-refractivity contribution >= 4 is 0 Å². The Morgan fingerprint density at radius 2 is 2.07 bits per heavy atom. The predicted molar refractivity (Wildman–Crippen MR) is 47.7 cm³/mol. The number of rotatable bonds is 4. The number of methoxy groups -OCH3 is 1. The maximum Gasteiger partial charge on any atom is 0.419 e. The van der Waals surface area contributed by atoms with Crippen LogP contribution in [0, 0.1) is 6.07 Å². The van der Waals surface area contributed by atoms with E-state index >= 15 is 0 Å². The number of hydrogen-bond donors (Lipinski definition) is 0. The largest absolute Gasteiger partial charge is 0.491 e. The number of halogens is 3. The topological polar surface area (TPSA) is 18.5 Å². The molecule has 5 heteroatoms. The van der Waals surface area contributed by atoms with Crippen molar-refractivity contribution in [1.82, 2.24) is 0 Å². The molecule has 1 rings (SSSR count). The smallest absolute Gasteiger partial charge is 0.419 e. The van der Waals surface area contributed by atoms with Crippen LogP contribution in [0.25, 0.3) is 0 Å². The molecule has 0 spiro atoms. The third-order valence-corrected chi connectivity index (χ3v) is 1.67. The van der Waals surface area contributed by atoms with Crippen molar-refractivity contribution in [3.05, 3.63) is 29.8 Å². The van der Waals surface area contributed by atoms with Crippen LogP contribution < -0.4 is 4.74 Å². The van der Waals surface area contributed by atoms with Crippen molar-refractivity contribution in [3.8, 4) is 5.75 Å². The Bertz CT molecular complexity index is 310.